The van der Waals surface area contributed by atoms with Crippen LogP contribution in [0.15, 0.2) is 79.4 Å². The van der Waals surface area contributed by atoms with Gasteiger partial charge in [-0.2, -0.15) is 5.10 Å². The standard InChI is InChI=1S/C28H21IN6O/c1-2-27(36)32-18-9-17(14-31-15-18)20-10-22-25(12-23(20)29)34-35-28(22)26-11-21-19(6-3-7-24(21)33-26)16-5-4-8-30-13-16/h3-15,33H,2H2,1H3,(H,32,36)(H,34,35). The molecule has 1 amide bonds. The molecule has 4 aromatic heterocycles. The molecule has 0 unspecified atom stereocenters. The molecule has 0 atom stereocenters. The molecule has 0 fully saturated rings. The van der Waals surface area contributed by atoms with E-state index >= 15 is 0 Å². The van der Waals surface area contributed by atoms with Crippen molar-refractivity contribution in [3.63, 3.8) is 0 Å². The highest BCUT2D eigenvalue weighted by molar-refractivity contribution is 14.1. The summed E-state index contributed by atoms with van der Waals surface area (Å²) in [6.45, 7) is 1.83. The van der Waals surface area contributed by atoms with Crippen molar-refractivity contribution in [2.45, 2.75) is 13.3 Å². The minimum absolute atomic E-state index is 0.0410. The Morgan fingerprint density at radius 1 is 0.917 bits per heavy atom. The third-order valence-corrected chi connectivity index (χ3v) is 7.09. The summed E-state index contributed by atoms with van der Waals surface area (Å²) in [5.41, 5.74) is 8.60. The first-order valence-electron chi connectivity index (χ1n) is 11.6. The van der Waals surface area contributed by atoms with Gasteiger partial charge < -0.3 is 10.3 Å². The first-order valence-corrected chi connectivity index (χ1v) is 12.6. The SMILES string of the molecule is CCC(=O)Nc1cncc(-c2cc3c(-c4cc5c(-c6cccnc6)cccc5[nH]4)n[nH]c3cc2I)c1. The van der Waals surface area contributed by atoms with Crippen LogP contribution in [0.1, 0.15) is 13.3 Å². The van der Waals surface area contributed by atoms with Crippen molar-refractivity contribution in [2.75, 3.05) is 5.32 Å². The zero-order valence-corrected chi connectivity index (χ0v) is 21.5. The van der Waals surface area contributed by atoms with Gasteiger partial charge in [0.25, 0.3) is 0 Å². The van der Waals surface area contributed by atoms with Crippen molar-refractivity contribution in [1.29, 1.82) is 0 Å². The molecule has 176 valence electrons. The minimum Gasteiger partial charge on any atom is -0.353 e. The molecule has 8 heteroatoms. The summed E-state index contributed by atoms with van der Waals surface area (Å²) in [6.07, 6.45) is 7.55. The van der Waals surface area contributed by atoms with E-state index in [1.54, 1.807) is 12.4 Å². The number of anilines is 1. The summed E-state index contributed by atoms with van der Waals surface area (Å²) in [6, 6.07) is 18.6. The molecule has 0 saturated carbocycles. The van der Waals surface area contributed by atoms with Crippen molar-refractivity contribution < 1.29 is 4.79 Å². The van der Waals surface area contributed by atoms with Crippen LogP contribution in [-0.2, 0) is 4.79 Å². The molecule has 0 spiro atoms. The maximum Gasteiger partial charge on any atom is 0.224 e. The fourth-order valence-electron chi connectivity index (χ4n) is 4.43. The molecule has 2 aromatic carbocycles. The Morgan fingerprint density at radius 2 is 1.81 bits per heavy atom. The van der Waals surface area contributed by atoms with Crippen molar-refractivity contribution in [2.24, 2.45) is 0 Å². The van der Waals surface area contributed by atoms with Crippen LogP contribution < -0.4 is 5.32 Å². The number of carbonyl (C=O) groups is 1. The average molecular weight is 584 g/mol. The third kappa shape index (κ3) is 4.03. The first kappa shape index (κ1) is 22.4. The van der Waals surface area contributed by atoms with E-state index < -0.39 is 0 Å². The highest BCUT2D eigenvalue weighted by Crippen LogP contribution is 2.37. The van der Waals surface area contributed by atoms with Crippen molar-refractivity contribution in [3.8, 4) is 33.6 Å². The monoisotopic (exact) mass is 584 g/mol. The Balaban J connectivity index is 1.46. The summed E-state index contributed by atoms with van der Waals surface area (Å²) in [7, 11) is 0. The molecule has 6 aromatic rings. The van der Waals surface area contributed by atoms with E-state index in [1.165, 1.54) is 0 Å². The summed E-state index contributed by atoms with van der Waals surface area (Å²) >= 11 is 2.33. The lowest BCUT2D eigenvalue weighted by Crippen LogP contribution is -2.09. The molecule has 0 bridgehead atoms. The van der Waals surface area contributed by atoms with Gasteiger partial charge in [-0.25, -0.2) is 0 Å². The molecule has 0 radical (unpaired) electrons. The molecule has 0 saturated heterocycles. The van der Waals surface area contributed by atoms with Gasteiger partial charge in [0.15, 0.2) is 0 Å². The summed E-state index contributed by atoms with van der Waals surface area (Å²) in [4.78, 5) is 24.0. The lowest BCUT2D eigenvalue weighted by molar-refractivity contribution is -0.115. The highest BCUT2D eigenvalue weighted by Gasteiger charge is 2.16. The quantitative estimate of drug-likeness (QED) is 0.195. The molecule has 0 aliphatic rings. The fourth-order valence-corrected chi connectivity index (χ4v) is 5.20. The number of halogens is 1. The largest absolute Gasteiger partial charge is 0.353 e. The van der Waals surface area contributed by atoms with E-state index in [4.69, 9.17) is 0 Å². The topological polar surface area (TPSA) is 99.3 Å². The zero-order valence-electron chi connectivity index (χ0n) is 19.3. The Bertz CT molecular complexity index is 1740. The van der Waals surface area contributed by atoms with Gasteiger partial charge in [-0.1, -0.05) is 25.1 Å². The van der Waals surface area contributed by atoms with Crippen molar-refractivity contribution in [3.05, 3.63) is 83.0 Å². The number of aromatic nitrogens is 5. The summed E-state index contributed by atoms with van der Waals surface area (Å²) < 4.78 is 1.06. The molecule has 7 nitrogen and oxygen atoms in total. The van der Waals surface area contributed by atoms with Gasteiger partial charge >= 0.3 is 0 Å². The molecular weight excluding hydrogens is 563 g/mol. The van der Waals surface area contributed by atoms with Crippen molar-refractivity contribution >= 4 is 56.0 Å². The van der Waals surface area contributed by atoms with Gasteiger partial charge in [-0.15, -0.1) is 0 Å². The molecule has 0 aliphatic carbocycles. The number of pyridine rings is 2. The second kappa shape index (κ2) is 9.19. The Kier molecular flexibility index (Phi) is 5.73. The maximum atomic E-state index is 11.9. The normalized spacial score (nSPS) is 11.3. The van der Waals surface area contributed by atoms with E-state index in [0.717, 1.165) is 59.0 Å². The number of fused-ring (bicyclic) bond motifs is 2. The Hall–Kier alpha value is -4.05. The van der Waals surface area contributed by atoms with Crippen LogP contribution in [0.3, 0.4) is 0 Å². The van der Waals surface area contributed by atoms with Crippen molar-refractivity contribution in [1.82, 2.24) is 25.1 Å². The van der Waals surface area contributed by atoms with Crippen LogP contribution in [0, 0.1) is 3.57 Å². The summed E-state index contributed by atoms with van der Waals surface area (Å²) in [5.74, 6) is -0.0410. The number of H-pyrrole nitrogens is 2. The van der Waals surface area contributed by atoms with Crippen LogP contribution in [0.5, 0.6) is 0 Å². The second-order valence-electron chi connectivity index (χ2n) is 8.51. The number of amides is 1. The fraction of sp³-hybridized carbons (Fsp3) is 0.0714. The van der Waals surface area contributed by atoms with Gasteiger partial charge in [-0.05, 0) is 70.1 Å². The number of carbonyl (C=O) groups excluding carboxylic acids is 1. The maximum absolute atomic E-state index is 11.9. The van der Waals surface area contributed by atoms with E-state index in [-0.39, 0.29) is 5.91 Å². The van der Waals surface area contributed by atoms with Crippen LogP contribution in [0.2, 0.25) is 0 Å². The van der Waals surface area contributed by atoms with E-state index in [2.05, 4.69) is 89.5 Å². The number of nitrogens with one attached hydrogen (secondary N) is 3. The van der Waals surface area contributed by atoms with E-state index in [1.807, 2.05) is 37.5 Å². The van der Waals surface area contributed by atoms with Gasteiger partial charge in [-0.3, -0.25) is 19.9 Å². The van der Waals surface area contributed by atoms with Crippen LogP contribution in [-0.4, -0.2) is 31.1 Å². The lowest BCUT2D eigenvalue weighted by Gasteiger charge is -2.09. The zero-order chi connectivity index (χ0) is 24.6. The highest BCUT2D eigenvalue weighted by atomic mass is 127. The number of aromatic amines is 2. The second-order valence-corrected chi connectivity index (χ2v) is 9.67. The third-order valence-electron chi connectivity index (χ3n) is 6.20. The lowest BCUT2D eigenvalue weighted by atomic mass is 10.0. The number of hydrogen-bond acceptors (Lipinski definition) is 4. The van der Waals surface area contributed by atoms with Gasteiger partial charge in [0.1, 0.15) is 5.69 Å². The predicted octanol–water partition coefficient (Wildman–Crippen LogP) is 6.79. The molecule has 0 aliphatic heterocycles. The number of benzene rings is 2. The summed E-state index contributed by atoms with van der Waals surface area (Å²) in [5, 5.41) is 12.9. The van der Waals surface area contributed by atoms with Crippen LogP contribution in [0.25, 0.3) is 55.4 Å². The van der Waals surface area contributed by atoms with Crippen LogP contribution >= 0.6 is 22.6 Å². The average Bonchev–Trinajstić information content (AvgIpc) is 3.52. The molecule has 4 heterocycles. The molecule has 6 rings (SSSR count). The van der Waals surface area contributed by atoms with Gasteiger partial charge in [0.2, 0.25) is 5.91 Å². The van der Waals surface area contributed by atoms with Gasteiger partial charge in [0, 0.05) is 56.0 Å². The number of hydrogen-bond donors (Lipinski definition) is 3. The van der Waals surface area contributed by atoms with Crippen LogP contribution in [0.4, 0.5) is 5.69 Å². The number of nitrogens with zero attached hydrogens (tertiary/aromatic N) is 3. The number of rotatable bonds is 5. The molecular formula is C28H21IN6O. The Morgan fingerprint density at radius 3 is 2.64 bits per heavy atom. The van der Waals surface area contributed by atoms with E-state index in [9.17, 15) is 4.79 Å². The Labute approximate surface area is 220 Å². The smallest absolute Gasteiger partial charge is 0.224 e. The predicted molar refractivity (Wildman–Crippen MR) is 151 cm³/mol. The van der Waals surface area contributed by atoms with E-state index in [0.29, 0.717) is 12.1 Å². The minimum atomic E-state index is -0.0410. The molecule has 36 heavy (non-hydrogen) atoms. The molecule has 3 N–H and O–H groups in total. The first-order chi connectivity index (χ1) is 17.6. The van der Waals surface area contributed by atoms with Gasteiger partial charge in [0.05, 0.1) is 23.1 Å².